The molecular formula is C56H37N4OPS. The molecule has 63 heavy (non-hydrogen) atoms. The van der Waals surface area contributed by atoms with Crippen molar-refractivity contribution < 1.29 is 4.57 Å². The zero-order valence-corrected chi connectivity index (χ0v) is 35.6. The van der Waals surface area contributed by atoms with E-state index >= 15 is 4.57 Å². The van der Waals surface area contributed by atoms with Crippen molar-refractivity contribution >= 4 is 55.4 Å². The van der Waals surface area contributed by atoms with Crippen LogP contribution in [0.15, 0.2) is 224 Å². The van der Waals surface area contributed by atoms with E-state index in [4.69, 9.17) is 19.9 Å². The van der Waals surface area contributed by atoms with E-state index in [9.17, 15) is 0 Å². The summed E-state index contributed by atoms with van der Waals surface area (Å²) in [5.74, 6) is 1.84. The van der Waals surface area contributed by atoms with Crippen LogP contribution in [0.1, 0.15) is 0 Å². The van der Waals surface area contributed by atoms with Crippen molar-refractivity contribution in [3.63, 3.8) is 0 Å². The summed E-state index contributed by atoms with van der Waals surface area (Å²) >= 11 is 1.78. The Morgan fingerprint density at radius 2 is 0.746 bits per heavy atom. The van der Waals surface area contributed by atoms with E-state index in [0.717, 1.165) is 86.4 Å². The highest BCUT2D eigenvalue weighted by Gasteiger charge is 2.30. The Bertz CT molecular complexity index is 3340. The van der Waals surface area contributed by atoms with Gasteiger partial charge in [0, 0.05) is 64.1 Å². The topological polar surface area (TPSA) is 68.6 Å². The van der Waals surface area contributed by atoms with Crippen molar-refractivity contribution in [3.8, 4) is 67.0 Å². The van der Waals surface area contributed by atoms with Crippen LogP contribution in [0.4, 0.5) is 0 Å². The fourth-order valence-electron chi connectivity index (χ4n) is 8.34. The number of hydrogen-bond donors (Lipinski definition) is 0. The number of para-hydroxylation sites is 1. The van der Waals surface area contributed by atoms with Gasteiger partial charge in [0.05, 0.1) is 11.2 Å². The van der Waals surface area contributed by atoms with E-state index in [1.807, 2.05) is 133 Å². The summed E-state index contributed by atoms with van der Waals surface area (Å²) in [5, 5.41) is 4.57. The fourth-order valence-corrected chi connectivity index (χ4v) is 12.4. The van der Waals surface area contributed by atoms with Gasteiger partial charge in [0.2, 0.25) is 0 Å². The monoisotopic (exact) mass is 844 g/mol. The number of aromatic nitrogens is 4. The van der Waals surface area contributed by atoms with Gasteiger partial charge in [-0.15, -0.1) is 11.3 Å². The number of thiophene rings is 1. The van der Waals surface area contributed by atoms with Crippen LogP contribution in [-0.4, -0.2) is 19.9 Å². The minimum atomic E-state index is -3.19. The molecule has 0 saturated carbocycles. The zero-order chi connectivity index (χ0) is 42.2. The molecule has 0 unspecified atom stereocenters. The summed E-state index contributed by atoms with van der Waals surface area (Å²) in [6.45, 7) is 0. The van der Waals surface area contributed by atoms with E-state index in [1.165, 1.54) is 0 Å². The highest BCUT2D eigenvalue weighted by Crippen LogP contribution is 2.51. The smallest absolute Gasteiger partial charge is 0.171 e. The molecule has 11 aromatic rings. The fraction of sp³-hybridized carbons (Fsp3) is 0. The average Bonchev–Trinajstić information content (AvgIpc) is 3.78. The van der Waals surface area contributed by atoms with Crippen molar-refractivity contribution in [2.75, 3.05) is 0 Å². The Kier molecular flexibility index (Phi) is 9.93. The highest BCUT2D eigenvalue weighted by atomic mass is 32.1. The number of hydrogen-bond acceptors (Lipinski definition) is 6. The Balaban J connectivity index is 1.10. The molecule has 7 heteroatoms. The number of pyridine rings is 1. The summed E-state index contributed by atoms with van der Waals surface area (Å²) in [5.41, 5.74) is 8.81. The van der Waals surface area contributed by atoms with Crippen molar-refractivity contribution in [2.45, 2.75) is 0 Å². The molecule has 0 saturated heterocycles. The molecule has 0 bridgehead atoms. The first-order valence-corrected chi connectivity index (χ1v) is 23.3. The molecule has 0 aliphatic rings. The van der Waals surface area contributed by atoms with Gasteiger partial charge in [-0.25, -0.2) is 19.9 Å². The maximum Gasteiger partial charge on any atom is 0.171 e. The molecule has 11 rings (SSSR count). The van der Waals surface area contributed by atoms with Crippen LogP contribution < -0.4 is 15.9 Å². The zero-order valence-electron chi connectivity index (χ0n) is 33.9. The third kappa shape index (κ3) is 7.06. The van der Waals surface area contributed by atoms with Crippen molar-refractivity contribution in [1.29, 1.82) is 0 Å². The largest absolute Gasteiger partial charge is 0.309 e. The van der Waals surface area contributed by atoms with Gasteiger partial charge in [-0.05, 0) is 17.2 Å². The van der Waals surface area contributed by atoms with E-state index in [2.05, 4.69) is 91.0 Å². The van der Waals surface area contributed by atoms with Gasteiger partial charge in [-0.3, -0.25) is 0 Å². The standard InChI is InChI=1S/C56H37N4OPS/c61-62(44-24-12-4-13-25-44,45-26-14-5-15-27-45)46-36-34-38(35-37-46)49-50-51(39-18-6-1-7-19-39)57-48-29-17-16-28-47(48)53(50)63-52(49)40-30-32-43(33-31-40)56-59-54(41-20-8-2-9-21-41)58-55(60-56)42-22-10-3-11-23-42/h1-37H. The number of benzene rings is 8. The summed E-state index contributed by atoms with van der Waals surface area (Å²) < 4.78 is 16.6. The molecule has 298 valence electrons. The highest BCUT2D eigenvalue weighted by molar-refractivity contribution is 7.85. The first kappa shape index (κ1) is 38.3. The number of nitrogens with zero attached hydrogens (tertiary/aromatic N) is 4. The van der Waals surface area contributed by atoms with Crippen LogP contribution in [0.25, 0.3) is 88.0 Å². The Labute approximate surface area is 369 Å². The number of rotatable bonds is 9. The maximum atomic E-state index is 15.4. The lowest BCUT2D eigenvalue weighted by molar-refractivity contribution is 0.592. The quantitative estimate of drug-likeness (QED) is 0.135. The van der Waals surface area contributed by atoms with Crippen LogP contribution >= 0.6 is 18.5 Å². The van der Waals surface area contributed by atoms with E-state index in [0.29, 0.717) is 17.5 Å². The van der Waals surface area contributed by atoms with Gasteiger partial charge in [0.1, 0.15) is 0 Å². The number of fused-ring (bicyclic) bond motifs is 3. The second-order valence-corrected chi connectivity index (χ2v) is 19.1. The third-order valence-corrected chi connectivity index (χ3v) is 15.8. The molecule has 0 amide bonds. The van der Waals surface area contributed by atoms with Gasteiger partial charge in [0.15, 0.2) is 24.6 Å². The molecule has 0 fully saturated rings. The van der Waals surface area contributed by atoms with Crippen molar-refractivity contribution in [2.24, 2.45) is 0 Å². The van der Waals surface area contributed by atoms with E-state index in [1.54, 1.807) is 11.3 Å². The first-order chi connectivity index (χ1) is 31.1. The van der Waals surface area contributed by atoms with Crippen LogP contribution in [-0.2, 0) is 4.57 Å². The van der Waals surface area contributed by atoms with Gasteiger partial charge < -0.3 is 4.57 Å². The Morgan fingerprint density at radius 1 is 0.349 bits per heavy atom. The summed E-state index contributed by atoms with van der Waals surface area (Å²) in [6, 6.07) is 75.5. The lowest BCUT2D eigenvalue weighted by Crippen LogP contribution is -2.24. The van der Waals surface area contributed by atoms with Crippen molar-refractivity contribution in [3.05, 3.63) is 224 Å². The predicted molar refractivity (Wildman–Crippen MR) is 263 cm³/mol. The van der Waals surface area contributed by atoms with E-state index in [-0.39, 0.29) is 0 Å². The minimum Gasteiger partial charge on any atom is -0.309 e. The second-order valence-electron chi connectivity index (χ2n) is 15.3. The second kappa shape index (κ2) is 16.3. The molecule has 0 aliphatic carbocycles. The molecule has 8 aromatic carbocycles. The van der Waals surface area contributed by atoms with Crippen LogP contribution in [0, 0.1) is 0 Å². The van der Waals surface area contributed by atoms with Gasteiger partial charge >= 0.3 is 0 Å². The molecule has 5 nitrogen and oxygen atoms in total. The molecular weight excluding hydrogens is 808 g/mol. The molecule has 0 N–H and O–H groups in total. The Hall–Kier alpha value is -7.63. The predicted octanol–water partition coefficient (Wildman–Crippen LogP) is 13.3. The van der Waals surface area contributed by atoms with E-state index < -0.39 is 7.14 Å². The average molecular weight is 845 g/mol. The lowest BCUT2D eigenvalue weighted by atomic mass is 9.94. The third-order valence-electron chi connectivity index (χ3n) is 11.4. The molecule has 0 aliphatic heterocycles. The maximum absolute atomic E-state index is 15.4. The molecule has 3 aromatic heterocycles. The van der Waals surface area contributed by atoms with Crippen LogP contribution in [0.5, 0.6) is 0 Å². The van der Waals surface area contributed by atoms with Crippen LogP contribution in [0.3, 0.4) is 0 Å². The van der Waals surface area contributed by atoms with Gasteiger partial charge in [-0.1, -0.05) is 218 Å². The normalized spacial score (nSPS) is 11.6. The minimum absolute atomic E-state index is 0.601. The first-order valence-electron chi connectivity index (χ1n) is 20.8. The van der Waals surface area contributed by atoms with Crippen molar-refractivity contribution in [1.82, 2.24) is 19.9 Å². The summed E-state index contributed by atoms with van der Waals surface area (Å²) in [4.78, 5) is 21.4. The van der Waals surface area contributed by atoms with Crippen LogP contribution in [0.2, 0.25) is 0 Å². The summed E-state index contributed by atoms with van der Waals surface area (Å²) in [7, 11) is -3.19. The SMILES string of the molecule is O=P(c1ccccc1)(c1ccccc1)c1ccc(-c2c(-c3ccc(-c4nc(-c5ccccc5)nc(-c5ccccc5)n4)cc3)sc3c2c(-c2ccccc2)nc2ccccc23)cc1. The molecule has 0 spiro atoms. The van der Waals surface area contributed by atoms with Gasteiger partial charge in [0.25, 0.3) is 0 Å². The molecule has 0 atom stereocenters. The lowest BCUT2D eigenvalue weighted by Gasteiger charge is -2.20. The Morgan fingerprint density at radius 3 is 1.27 bits per heavy atom. The molecule has 0 radical (unpaired) electrons. The summed E-state index contributed by atoms with van der Waals surface area (Å²) in [6.07, 6.45) is 0. The van der Waals surface area contributed by atoms with Gasteiger partial charge in [-0.2, -0.15) is 0 Å². The molecule has 3 heterocycles.